The maximum atomic E-state index is 12.8. The van der Waals surface area contributed by atoms with Crippen molar-refractivity contribution in [3.05, 3.63) is 29.6 Å². The van der Waals surface area contributed by atoms with E-state index >= 15 is 0 Å². The molecular weight excluding hydrogens is 285 g/mol. The quantitative estimate of drug-likeness (QED) is 0.861. The predicted molar refractivity (Wildman–Crippen MR) is 60.1 cm³/mol. The van der Waals surface area contributed by atoms with Gasteiger partial charge in [-0.05, 0) is 30.7 Å². The number of nitrogens with one attached hydrogen (secondary N) is 1. The average Bonchev–Trinajstić information content (AvgIpc) is 2.14. The number of rotatable bonds is 4. The Morgan fingerprint density at radius 2 is 2.13 bits per heavy atom. The van der Waals surface area contributed by atoms with Gasteiger partial charge in [0.15, 0.2) is 0 Å². The van der Waals surface area contributed by atoms with E-state index in [2.05, 4.69) is 20.7 Å². The van der Waals surface area contributed by atoms with Crippen molar-refractivity contribution >= 4 is 26.0 Å². The molecule has 0 atom stereocenters. The van der Waals surface area contributed by atoms with Crippen molar-refractivity contribution in [3.8, 4) is 0 Å². The number of sulfonamides is 1. The van der Waals surface area contributed by atoms with Crippen LogP contribution in [0.5, 0.6) is 0 Å². The van der Waals surface area contributed by atoms with Crippen molar-refractivity contribution in [1.82, 2.24) is 4.72 Å². The van der Waals surface area contributed by atoms with Gasteiger partial charge in [-0.25, -0.2) is 17.5 Å². The van der Waals surface area contributed by atoms with Crippen LogP contribution in [-0.4, -0.2) is 20.3 Å². The molecule has 1 rings (SSSR count). The summed E-state index contributed by atoms with van der Waals surface area (Å²) in [5, 5.41) is 0.534. The Kier molecular flexibility index (Phi) is 4.24. The molecule has 0 aliphatic rings. The van der Waals surface area contributed by atoms with E-state index in [4.69, 9.17) is 0 Å². The second-order valence-electron chi connectivity index (χ2n) is 3.00. The highest BCUT2D eigenvalue weighted by molar-refractivity contribution is 9.09. The Hall–Kier alpha value is -0.460. The van der Waals surface area contributed by atoms with Gasteiger partial charge in [0.05, 0.1) is 4.90 Å². The van der Waals surface area contributed by atoms with Crippen LogP contribution in [0.4, 0.5) is 4.39 Å². The van der Waals surface area contributed by atoms with Crippen LogP contribution in [0.3, 0.4) is 0 Å². The SMILES string of the molecule is Cc1cc(F)ccc1S(=O)(=O)NCCBr. The Morgan fingerprint density at radius 1 is 1.47 bits per heavy atom. The fraction of sp³-hybridized carbons (Fsp3) is 0.333. The standard InChI is InChI=1S/C9H11BrFNO2S/c1-7-6-8(11)2-3-9(7)15(13,14)12-5-4-10/h2-3,6,12H,4-5H2,1H3. The van der Waals surface area contributed by atoms with Crippen LogP contribution in [0.1, 0.15) is 5.56 Å². The van der Waals surface area contributed by atoms with Crippen LogP contribution in [0.25, 0.3) is 0 Å². The summed E-state index contributed by atoms with van der Waals surface area (Å²) in [6, 6.07) is 3.60. The maximum Gasteiger partial charge on any atom is 0.240 e. The first-order valence-corrected chi connectivity index (χ1v) is 6.89. The Bertz CT molecular complexity index is 447. The Balaban J connectivity index is 3.05. The fourth-order valence-electron chi connectivity index (χ4n) is 1.17. The topological polar surface area (TPSA) is 46.2 Å². The molecule has 0 fully saturated rings. The molecule has 1 aromatic carbocycles. The second-order valence-corrected chi connectivity index (χ2v) is 5.52. The molecule has 3 nitrogen and oxygen atoms in total. The van der Waals surface area contributed by atoms with E-state index in [-0.39, 0.29) is 4.90 Å². The Morgan fingerprint density at radius 3 is 2.67 bits per heavy atom. The molecule has 0 spiro atoms. The number of benzene rings is 1. The van der Waals surface area contributed by atoms with Crippen molar-refractivity contribution in [2.45, 2.75) is 11.8 Å². The van der Waals surface area contributed by atoms with Gasteiger partial charge in [-0.3, -0.25) is 0 Å². The first-order chi connectivity index (χ1) is 6.97. The highest BCUT2D eigenvalue weighted by Crippen LogP contribution is 2.15. The number of hydrogen-bond acceptors (Lipinski definition) is 2. The maximum absolute atomic E-state index is 12.8. The van der Waals surface area contributed by atoms with Crippen molar-refractivity contribution in [1.29, 1.82) is 0 Å². The molecule has 15 heavy (non-hydrogen) atoms. The van der Waals surface area contributed by atoms with Gasteiger partial charge in [0.1, 0.15) is 5.82 Å². The van der Waals surface area contributed by atoms with E-state index < -0.39 is 15.8 Å². The summed E-state index contributed by atoms with van der Waals surface area (Å²) >= 11 is 3.12. The Labute approximate surface area is 96.9 Å². The predicted octanol–water partition coefficient (Wildman–Crippen LogP) is 1.81. The summed E-state index contributed by atoms with van der Waals surface area (Å²) in [5.41, 5.74) is 0.400. The largest absolute Gasteiger partial charge is 0.240 e. The molecule has 0 saturated carbocycles. The van der Waals surface area contributed by atoms with Gasteiger partial charge < -0.3 is 0 Å². The number of halogens is 2. The zero-order chi connectivity index (χ0) is 11.5. The van der Waals surface area contributed by atoms with Crippen molar-refractivity contribution in [2.24, 2.45) is 0 Å². The average molecular weight is 296 g/mol. The van der Waals surface area contributed by atoms with Crippen LogP contribution in [0, 0.1) is 12.7 Å². The van der Waals surface area contributed by atoms with Gasteiger partial charge in [0.2, 0.25) is 10.0 Å². The minimum absolute atomic E-state index is 0.116. The first-order valence-electron chi connectivity index (χ1n) is 4.29. The highest BCUT2D eigenvalue weighted by atomic mass is 79.9. The monoisotopic (exact) mass is 295 g/mol. The molecule has 0 aromatic heterocycles. The molecule has 0 amide bonds. The summed E-state index contributed by atoms with van der Waals surface area (Å²) in [4.78, 5) is 0.116. The van der Waals surface area contributed by atoms with Crippen LogP contribution in [0.2, 0.25) is 0 Å². The van der Waals surface area contributed by atoms with Crippen LogP contribution in [-0.2, 0) is 10.0 Å². The second kappa shape index (κ2) is 5.05. The molecule has 1 aromatic rings. The molecule has 6 heteroatoms. The van der Waals surface area contributed by atoms with Crippen LogP contribution >= 0.6 is 15.9 Å². The third-order valence-electron chi connectivity index (χ3n) is 1.81. The summed E-state index contributed by atoms with van der Waals surface area (Å²) in [7, 11) is -3.52. The van der Waals surface area contributed by atoms with Crippen molar-refractivity contribution in [2.75, 3.05) is 11.9 Å². The molecule has 0 radical (unpaired) electrons. The molecule has 0 saturated heterocycles. The van der Waals surface area contributed by atoms with Gasteiger partial charge in [0, 0.05) is 11.9 Å². The fourth-order valence-corrected chi connectivity index (χ4v) is 2.88. The molecular formula is C9H11BrFNO2S. The van der Waals surface area contributed by atoms with Gasteiger partial charge in [-0.1, -0.05) is 15.9 Å². The summed E-state index contributed by atoms with van der Waals surface area (Å²) in [6.45, 7) is 1.87. The molecule has 0 aliphatic heterocycles. The molecule has 84 valence electrons. The summed E-state index contributed by atoms with van der Waals surface area (Å²) < 4.78 is 38.5. The third kappa shape index (κ3) is 3.25. The lowest BCUT2D eigenvalue weighted by Crippen LogP contribution is -2.26. The third-order valence-corrected chi connectivity index (χ3v) is 3.83. The van der Waals surface area contributed by atoms with E-state index in [1.54, 1.807) is 6.92 Å². The van der Waals surface area contributed by atoms with Gasteiger partial charge in [-0.15, -0.1) is 0 Å². The number of aryl methyl sites for hydroxylation is 1. The number of hydrogen-bond donors (Lipinski definition) is 1. The van der Waals surface area contributed by atoms with E-state index in [9.17, 15) is 12.8 Å². The highest BCUT2D eigenvalue weighted by Gasteiger charge is 2.15. The van der Waals surface area contributed by atoms with E-state index in [1.165, 1.54) is 12.1 Å². The van der Waals surface area contributed by atoms with E-state index in [0.717, 1.165) is 6.07 Å². The number of alkyl halides is 1. The van der Waals surface area contributed by atoms with E-state index in [0.29, 0.717) is 17.4 Å². The van der Waals surface area contributed by atoms with Gasteiger partial charge in [0.25, 0.3) is 0 Å². The molecule has 0 aliphatic carbocycles. The molecule has 0 heterocycles. The van der Waals surface area contributed by atoms with E-state index in [1.807, 2.05) is 0 Å². The van der Waals surface area contributed by atoms with Crippen molar-refractivity contribution in [3.63, 3.8) is 0 Å². The lowest BCUT2D eigenvalue weighted by molar-refractivity contribution is 0.582. The summed E-state index contributed by atoms with van der Waals surface area (Å²) in [6.07, 6.45) is 0. The smallest absolute Gasteiger partial charge is 0.210 e. The van der Waals surface area contributed by atoms with Crippen molar-refractivity contribution < 1.29 is 12.8 Å². The normalized spacial score (nSPS) is 11.7. The lowest BCUT2D eigenvalue weighted by Gasteiger charge is -2.07. The zero-order valence-electron chi connectivity index (χ0n) is 8.13. The van der Waals surface area contributed by atoms with Gasteiger partial charge >= 0.3 is 0 Å². The molecule has 0 unspecified atom stereocenters. The lowest BCUT2D eigenvalue weighted by atomic mass is 10.2. The van der Waals surface area contributed by atoms with Crippen LogP contribution < -0.4 is 4.72 Å². The minimum Gasteiger partial charge on any atom is -0.210 e. The summed E-state index contributed by atoms with van der Waals surface area (Å²) in [5.74, 6) is -0.438. The zero-order valence-corrected chi connectivity index (χ0v) is 10.5. The molecule has 0 bridgehead atoms. The van der Waals surface area contributed by atoms with Crippen LogP contribution in [0.15, 0.2) is 23.1 Å². The first kappa shape index (κ1) is 12.6. The molecule has 1 N–H and O–H groups in total. The minimum atomic E-state index is -3.52. The van der Waals surface area contributed by atoms with Gasteiger partial charge in [-0.2, -0.15) is 0 Å².